The second-order valence-corrected chi connectivity index (χ2v) is 3.47. The molecular formula is C10H15NS. The van der Waals surface area contributed by atoms with Crippen molar-refractivity contribution in [3.8, 4) is 0 Å². The van der Waals surface area contributed by atoms with Gasteiger partial charge in [0.15, 0.2) is 0 Å². The number of allylic oxidation sites excluding steroid dienone is 3. The fourth-order valence-electron chi connectivity index (χ4n) is 1.13. The third kappa shape index (κ3) is 2.26. The first-order chi connectivity index (χ1) is 5.75. The Balaban J connectivity index is 2.69. The van der Waals surface area contributed by atoms with Gasteiger partial charge in [-0.1, -0.05) is 37.3 Å². The summed E-state index contributed by atoms with van der Waals surface area (Å²) in [5.41, 5.74) is 7.08. The zero-order valence-electron chi connectivity index (χ0n) is 7.27. The maximum absolute atomic E-state index is 5.92. The minimum Gasteiger partial charge on any atom is -0.323 e. The minimum absolute atomic E-state index is 0.0427. The molecule has 0 spiro atoms. The Morgan fingerprint density at radius 3 is 3.08 bits per heavy atom. The van der Waals surface area contributed by atoms with Gasteiger partial charge in [-0.2, -0.15) is 12.6 Å². The molecule has 2 atom stereocenters. The van der Waals surface area contributed by atoms with E-state index in [-0.39, 0.29) is 11.3 Å². The predicted molar refractivity (Wildman–Crippen MR) is 57.4 cm³/mol. The van der Waals surface area contributed by atoms with E-state index >= 15 is 0 Å². The van der Waals surface area contributed by atoms with E-state index in [4.69, 9.17) is 5.73 Å². The molecule has 0 aromatic carbocycles. The zero-order valence-corrected chi connectivity index (χ0v) is 8.17. The Morgan fingerprint density at radius 2 is 2.42 bits per heavy atom. The average Bonchev–Trinajstić information content (AvgIpc) is 2.08. The molecule has 1 nitrogen and oxygen atoms in total. The first kappa shape index (κ1) is 9.62. The van der Waals surface area contributed by atoms with Crippen molar-refractivity contribution in [2.75, 3.05) is 0 Å². The zero-order chi connectivity index (χ0) is 8.97. The van der Waals surface area contributed by atoms with Crippen molar-refractivity contribution in [1.29, 1.82) is 0 Å². The van der Waals surface area contributed by atoms with Crippen molar-refractivity contribution in [3.05, 3.63) is 36.0 Å². The molecular weight excluding hydrogens is 166 g/mol. The Bertz CT molecular complexity index is 228. The van der Waals surface area contributed by atoms with Gasteiger partial charge in [0.25, 0.3) is 0 Å². The van der Waals surface area contributed by atoms with E-state index < -0.39 is 0 Å². The largest absolute Gasteiger partial charge is 0.323 e. The van der Waals surface area contributed by atoms with Crippen LogP contribution in [0.3, 0.4) is 0 Å². The number of rotatable bonds is 2. The highest BCUT2D eigenvalue weighted by molar-refractivity contribution is 7.81. The van der Waals surface area contributed by atoms with Crippen molar-refractivity contribution < 1.29 is 0 Å². The molecule has 0 fully saturated rings. The average molecular weight is 181 g/mol. The fraction of sp³-hybridized carbons (Fsp3) is 0.400. The molecule has 2 N–H and O–H groups in total. The van der Waals surface area contributed by atoms with Crippen LogP contribution in [0.25, 0.3) is 0 Å². The van der Waals surface area contributed by atoms with Crippen LogP contribution < -0.4 is 5.73 Å². The molecule has 2 unspecified atom stereocenters. The monoisotopic (exact) mass is 181 g/mol. The molecule has 0 aromatic rings. The molecule has 2 heteroatoms. The van der Waals surface area contributed by atoms with Gasteiger partial charge < -0.3 is 5.73 Å². The highest BCUT2D eigenvalue weighted by Gasteiger charge is 2.15. The standard InChI is InChI=1S/C10H15NS/c1-2-3-5-8-6-4-7-9(12)10(8)11/h3-7,9-10,12H,2,11H2,1H3/b5-3-. The fourth-order valence-corrected chi connectivity index (χ4v) is 1.40. The molecule has 0 saturated heterocycles. The normalized spacial score (nSPS) is 29.4. The van der Waals surface area contributed by atoms with Gasteiger partial charge in [0, 0.05) is 11.3 Å². The summed E-state index contributed by atoms with van der Waals surface area (Å²) in [6.45, 7) is 2.11. The Hall–Kier alpha value is -0.470. The van der Waals surface area contributed by atoms with E-state index in [0.29, 0.717) is 0 Å². The lowest BCUT2D eigenvalue weighted by atomic mass is 9.99. The Kier molecular flexibility index (Phi) is 3.63. The van der Waals surface area contributed by atoms with Gasteiger partial charge in [0.1, 0.15) is 0 Å². The maximum Gasteiger partial charge on any atom is 0.0448 e. The van der Waals surface area contributed by atoms with Crippen molar-refractivity contribution >= 4 is 12.6 Å². The van der Waals surface area contributed by atoms with Crippen molar-refractivity contribution in [3.63, 3.8) is 0 Å². The van der Waals surface area contributed by atoms with Gasteiger partial charge in [-0.15, -0.1) is 0 Å². The van der Waals surface area contributed by atoms with Crippen LogP contribution in [-0.2, 0) is 0 Å². The summed E-state index contributed by atoms with van der Waals surface area (Å²) in [6.07, 6.45) is 11.3. The lowest BCUT2D eigenvalue weighted by molar-refractivity contribution is 0.810. The summed E-state index contributed by atoms with van der Waals surface area (Å²) in [6, 6.07) is 0.0427. The van der Waals surface area contributed by atoms with Crippen LogP contribution >= 0.6 is 12.6 Å². The molecule has 1 aliphatic rings. The van der Waals surface area contributed by atoms with Crippen LogP contribution in [0.4, 0.5) is 0 Å². The van der Waals surface area contributed by atoms with Crippen molar-refractivity contribution in [2.24, 2.45) is 5.73 Å². The van der Waals surface area contributed by atoms with Crippen LogP contribution in [0.2, 0.25) is 0 Å². The molecule has 0 aromatic heterocycles. The SMILES string of the molecule is CC/C=C\C1=CC=CC(S)C1N. The molecule has 0 bridgehead atoms. The van der Waals surface area contributed by atoms with Gasteiger partial charge in [0.05, 0.1) is 0 Å². The van der Waals surface area contributed by atoms with E-state index in [1.54, 1.807) is 0 Å². The highest BCUT2D eigenvalue weighted by Crippen LogP contribution is 2.17. The summed E-state index contributed by atoms with van der Waals surface area (Å²) in [5, 5.41) is 0.159. The van der Waals surface area contributed by atoms with E-state index in [2.05, 4.69) is 31.7 Å². The topological polar surface area (TPSA) is 26.0 Å². The summed E-state index contributed by atoms with van der Waals surface area (Å²) in [5.74, 6) is 0. The van der Waals surface area contributed by atoms with Crippen molar-refractivity contribution in [1.82, 2.24) is 0 Å². The van der Waals surface area contributed by atoms with Crippen LogP contribution in [0.1, 0.15) is 13.3 Å². The van der Waals surface area contributed by atoms with Crippen LogP contribution in [0.5, 0.6) is 0 Å². The van der Waals surface area contributed by atoms with Gasteiger partial charge >= 0.3 is 0 Å². The van der Waals surface area contributed by atoms with Gasteiger partial charge in [-0.25, -0.2) is 0 Å². The molecule has 0 aliphatic heterocycles. The van der Waals surface area contributed by atoms with E-state index in [9.17, 15) is 0 Å². The van der Waals surface area contributed by atoms with E-state index in [0.717, 1.165) is 6.42 Å². The molecule has 1 rings (SSSR count). The molecule has 0 saturated carbocycles. The number of hydrogen-bond donors (Lipinski definition) is 2. The minimum atomic E-state index is 0.0427. The number of thiol groups is 1. The molecule has 0 amide bonds. The van der Waals surface area contributed by atoms with E-state index in [1.165, 1.54) is 5.57 Å². The Labute approximate surface area is 79.4 Å². The highest BCUT2D eigenvalue weighted by atomic mass is 32.1. The molecule has 1 aliphatic carbocycles. The summed E-state index contributed by atoms with van der Waals surface area (Å²) in [4.78, 5) is 0. The van der Waals surface area contributed by atoms with Gasteiger partial charge in [0.2, 0.25) is 0 Å². The Morgan fingerprint density at radius 1 is 1.67 bits per heavy atom. The summed E-state index contributed by atoms with van der Waals surface area (Å²) >= 11 is 4.35. The molecule has 12 heavy (non-hydrogen) atoms. The second-order valence-electron chi connectivity index (χ2n) is 2.88. The predicted octanol–water partition coefficient (Wildman–Crippen LogP) is 2.07. The third-order valence-corrected chi connectivity index (χ3v) is 2.39. The first-order valence-electron chi connectivity index (χ1n) is 4.24. The molecule has 0 radical (unpaired) electrons. The lowest BCUT2D eigenvalue weighted by Gasteiger charge is -2.20. The van der Waals surface area contributed by atoms with Gasteiger partial charge in [-0.05, 0) is 12.0 Å². The van der Waals surface area contributed by atoms with Crippen LogP contribution in [-0.4, -0.2) is 11.3 Å². The van der Waals surface area contributed by atoms with Crippen LogP contribution in [0.15, 0.2) is 36.0 Å². The van der Waals surface area contributed by atoms with E-state index in [1.807, 2.05) is 18.2 Å². The number of nitrogens with two attached hydrogens (primary N) is 1. The summed E-state index contributed by atoms with van der Waals surface area (Å²) < 4.78 is 0. The number of hydrogen-bond acceptors (Lipinski definition) is 2. The molecule has 0 heterocycles. The quantitative estimate of drug-likeness (QED) is 0.627. The smallest absolute Gasteiger partial charge is 0.0448 e. The third-order valence-electron chi connectivity index (χ3n) is 1.90. The maximum atomic E-state index is 5.92. The van der Waals surface area contributed by atoms with Gasteiger partial charge in [-0.3, -0.25) is 0 Å². The lowest BCUT2D eigenvalue weighted by Crippen LogP contribution is -2.32. The van der Waals surface area contributed by atoms with Crippen molar-refractivity contribution in [2.45, 2.75) is 24.6 Å². The molecule has 66 valence electrons. The summed E-state index contributed by atoms with van der Waals surface area (Å²) in [7, 11) is 0. The second kappa shape index (κ2) is 4.53. The first-order valence-corrected chi connectivity index (χ1v) is 4.76. The van der Waals surface area contributed by atoms with Crippen LogP contribution in [0, 0.1) is 0 Å².